The van der Waals surface area contributed by atoms with Crippen LogP contribution < -0.4 is 9.47 Å². The Balaban J connectivity index is 3.01. The fourth-order valence-electron chi connectivity index (χ4n) is 2.26. The number of benzene rings is 1. The quantitative estimate of drug-likeness (QED) is 0.707. The number of carbonyl (C=O) groups excluding carboxylic acids is 1. The topological polar surface area (TPSA) is 76.1 Å². The fraction of sp³-hybridized carbons (Fsp3) is 0.412. The van der Waals surface area contributed by atoms with Gasteiger partial charge in [-0.25, -0.2) is 0 Å². The van der Waals surface area contributed by atoms with Crippen molar-refractivity contribution in [2.45, 2.75) is 19.3 Å². The van der Waals surface area contributed by atoms with Crippen LogP contribution in [-0.4, -0.2) is 49.7 Å². The third kappa shape index (κ3) is 5.02. The van der Waals surface area contributed by atoms with E-state index in [-0.39, 0.29) is 12.3 Å². The zero-order valence-electron chi connectivity index (χ0n) is 13.8. The molecule has 1 amide bonds. The van der Waals surface area contributed by atoms with E-state index in [1.54, 1.807) is 32.4 Å². The summed E-state index contributed by atoms with van der Waals surface area (Å²) in [5.74, 6) is -0.00138. The Morgan fingerprint density at radius 3 is 2.52 bits per heavy atom. The van der Waals surface area contributed by atoms with E-state index in [0.717, 1.165) is 5.56 Å². The Kier molecular flexibility index (Phi) is 7.12. The first-order valence-corrected chi connectivity index (χ1v) is 7.27. The molecular formula is C17H23NO5. The van der Waals surface area contributed by atoms with Gasteiger partial charge in [-0.3, -0.25) is 9.59 Å². The van der Waals surface area contributed by atoms with E-state index < -0.39 is 5.97 Å². The number of carboxylic acids is 1. The van der Waals surface area contributed by atoms with E-state index in [9.17, 15) is 9.59 Å². The fourth-order valence-corrected chi connectivity index (χ4v) is 2.26. The number of methoxy groups -OCH3 is 2. The van der Waals surface area contributed by atoms with Crippen molar-refractivity contribution in [3.05, 3.63) is 35.9 Å². The molecule has 23 heavy (non-hydrogen) atoms. The van der Waals surface area contributed by atoms with Crippen molar-refractivity contribution < 1.29 is 24.2 Å². The van der Waals surface area contributed by atoms with Crippen LogP contribution in [0.25, 0.3) is 0 Å². The molecule has 6 heteroatoms. The minimum atomic E-state index is -0.870. The van der Waals surface area contributed by atoms with Gasteiger partial charge in [0.2, 0.25) is 0 Å². The lowest BCUT2D eigenvalue weighted by Crippen LogP contribution is -2.28. The van der Waals surface area contributed by atoms with E-state index in [1.807, 2.05) is 0 Å². The minimum absolute atomic E-state index is 0.0330. The molecule has 1 aromatic rings. The third-order valence-electron chi connectivity index (χ3n) is 3.40. The van der Waals surface area contributed by atoms with Crippen LogP contribution in [0.4, 0.5) is 0 Å². The van der Waals surface area contributed by atoms with E-state index in [0.29, 0.717) is 36.4 Å². The predicted molar refractivity (Wildman–Crippen MR) is 87.3 cm³/mol. The first-order chi connectivity index (χ1) is 10.9. The van der Waals surface area contributed by atoms with Crippen molar-refractivity contribution in [1.29, 1.82) is 0 Å². The van der Waals surface area contributed by atoms with E-state index >= 15 is 0 Å². The van der Waals surface area contributed by atoms with E-state index in [4.69, 9.17) is 14.6 Å². The number of carbonyl (C=O) groups is 2. The van der Waals surface area contributed by atoms with Gasteiger partial charge in [-0.1, -0.05) is 6.08 Å². The molecule has 0 saturated heterocycles. The number of aliphatic carboxylic acids is 1. The summed E-state index contributed by atoms with van der Waals surface area (Å²) in [6.07, 6.45) is 2.71. The van der Waals surface area contributed by atoms with Crippen molar-refractivity contribution in [1.82, 2.24) is 4.90 Å². The lowest BCUT2D eigenvalue weighted by molar-refractivity contribution is -0.137. The maximum atomic E-state index is 12.5. The second-order valence-corrected chi connectivity index (χ2v) is 5.09. The van der Waals surface area contributed by atoms with Gasteiger partial charge in [-0.15, -0.1) is 6.58 Å². The van der Waals surface area contributed by atoms with Crippen LogP contribution in [0.3, 0.4) is 0 Å². The van der Waals surface area contributed by atoms with Gasteiger partial charge >= 0.3 is 5.97 Å². The molecule has 0 aliphatic carbocycles. The van der Waals surface area contributed by atoms with Crippen LogP contribution >= 0.6 is 0 Å². The largest absolute Gasteiger partial charge is 0.493 e. The molecule has 0 atom stereocenters. The molecule has 0 saturated carbocycles. The van der Waals surface area contributed by atoms with Crippen molar-refractivity contribution in [3.63, 3.8) is 0 Å². The lowest BCUT2D eigenvalue weighted by atomic mass is 10.0. The average molecular weight is 321 g/mol. The summed E-state index contributed by atoms with van der Waals surface area (Å²) in [6.45, 7) is 4.08. The Labute approximate surface area is 136 Å². The monoisotopic (exact) mass is 321 g/mol. The zero-order valence-corrected chi connectivity index (χ0v) is 13.8. The van der Waals surface area contributed by atoms with Gasteiger partial charge in [0, 0.05) is 31.1 Å². The van der Waals surface area contributed by atoms with Gasteiger partial charge in [0.05, 0.1) is 14.2 Å². The molecule has 0 aliphatic heterocycles. The number of allylic oxidation sites excluding steroid dienone is 1. The normalized spacial score (nSPS) is 10.0. The van der Waals surface area contributed by atoms with Crippen LogP contribution in [-0.2, 0) is 11.2 Å². The van der Waals surface area contributed by atoms with Crippen LogP contribution in [0.1, 0.15) is 28.8 Å². The van der Waals surface area contributed by atoms with Crippen molar-refractivity contribution >= 4 is 11.9 Å². The highest BCUT2D eigenvalue weighted by Gasteiger charge is 2.18. The Bertz CT molecular complexity index is 583. The Morgan fingerprint density at radius 2 is 2.00 bits per heavy atom. The Hall–Kier alpha value is -2.50. The number of carboxylic acid groups (broad SMARTS) is 1. The molecule has 0 bridgehead atoms. The van der Waals surface area contributed by atoms with Gasteiger partial charge < -0.3 is 19.5 Å². The van der Waals surface area contributed by atoms with Crippen molar-refractivity contribution in [2.24, 2.45) is 0 Å². The second kappa shape index (κ2) is 8.82. The highest BCUT2D eigenvalue weighted by atomic mass is 16.5. The molecule has 6 nitrogen and oxygen atoms in total. The maximum Gasteiger partial charge on any atom is 0.303 e. The molecule has 1 aromatic carbocycles. The van der Waals surface area contributed by atoms with Gasteiger partial charge in [0.1, 0.15) is 0 Å². The number of hydrogen-bond acceptors (Lipinski definition) is 4. The molecule has 1 rings (SSSR count). The summed E-state index contributed by atoms with van der Waals surface area (Å²) in [5.41, 5.74) is 1.28. The van der Waals surface area contributed by atoms with Gasteiger partial charge in [0.15, 0.2) is 11.5 Å². The number of ether oxygens (including phenoxy) is 2. The molecule has 0 aromatic heterocycles. The van der Waals surface area contributed by atoms with Crippen LogP contribution in [0.2, 0.25) is 0 Å². The van der Waals surface area contributed by atoms with Crippen molar-refractivity contribution in [2.75, 3.05) is 27.8 Å². The highest BCUT2D eigenvalue weighted by Crippen LogP contribution is 2.33. The summed E-state index contributed by atoms with van der Waals surface area (Å²) in [5, 5.41) is 8.66. The summed E-state index contributed by atoms with van der Waals surface area (Å²) in [4.78, 5) is 24.6. The maximum absolute atomic E-state index is 12.5. The smallest absolute Gasteiger partial charge is 0.303 e. The summed E-state index contributed by atoms with van der Waals surface area (Å²) in [6, 6.07) is 3.38. The first-order valence-electron chi connectivity index (χ1n) is 7.27. The Morgan fingerprint density at radius 1 is 1.30 bits per heavy atom. The molecule has 0 unspecified atom stereocenters. The third-order valence-corrected chi connectivity index (χ3v) is 3.40. The predicted octanol–water partition coefficient (Wildman–Crippen LogP) is 2.37. The number of rotatable bonds is 9. The minimum Gasteiger partial charge on any atom is -0.493 e. The highest BCUT2D eigenvalue weighted by molar-refractivity contribution is 5.95. The van der Waals surface area contributed by atoms with Crippen LogP contribution in [0, 0.1) is 0 Å². The summed E-state index contributed by atoms with van der Waals surface area (Å²) < 4.78 is 10.6. The summed E-state index contributed by atoms with van der Waals surface area (Å²) in [7, 11) is 4.71. The molecule has 0 aliphatic rings. The molecule has 0 radical (unpaired) electrons. The lowest BCUT2D eigenvalue weighted by Gasteiger charge is -2.19. The average Bonchev–Trinajstić information content (AvgIpc) is 2.53. The van der Waals surface area contributed by atoms with Gasteiger partial charge in [0.25, 0.3) is 5.91 Å². The molecular weight excluding hydrogens is 298 g/mol. The van der Waals surface area contributed by atoms with Gasteiger partial charge in [-0.2, -0.15) is 0 Å². The first kappa shape index (κ1) is 18.5. The molecule has 1 N–H and O–H groups in total. The molecule has 126 valence electrons. The molecule has 0 spiro atoms. The van der Waals surface area contributed by atoms with Gasteiger partial charge in [-0.05, 0) is 25.0 Å². The van der Waals surface area contributed by atoms with Crippen molar-refractivity contribution in [3.8, 4) is 11.5 Å². The van der Waals surface area contributed by atoms with E-state index in [2.05, 4.69) is 6.58 Å². The zero-order chi connectivity index (χ0) is 17.4. The molecule has 0 heterocycles. The standard InChI is InChI=1S/C17H23NO5/c1-5-7-12-10-13(11-14(22-3)16(12)23-4)17(21)18(2)9-6-8-15(19)20/h5,10-11H,1,6-9H2,2-4H3,(H,19,20). The van der Waals surface area contributed by atoms with Crippen LogP contribution in [0.15, 0.2) is 24.8 Å². The van der Waals surface area contributed by atoms with Crippen LogP contribution in [0.5, 0.6) is 11.5 Å². The summed E-state index contributed by atoms with van der Waals surface area (Å²) >= 11 is 0. The number of nitrogens with zero attached hydrogens (tertiary/aromatic N) is 1. The second-order valence-electron chi connectivity index (χ2n) is 5.09. The molecule has 0 fully saturated rings. The number of hydrogen-bond donors (Lipinski definition) is 1. The van der Waals surface area contributed by atoms with E-state index in [1.165, 1.54) is 12.0 Å². The number of amides is 1. The SMILES string of the molecule is C=CCc1cc(C(=O)N(C)CCCC(=O)O)cc(OC)c1OC.